The van der Waals surface area contributed by atoms with Crippen LogP contribution < -0.4 is 5.73 Å². The van der Waals surface area contributed by atoms with Crippen LogP contribution in [0.2, 0.25) is 0 Å². The van der Waals surface area contributed by atoms with Gasteiger partial charge in [0.2, 0.25) is 5.91 Å². The molecule has 0 radical (unpaired) electrons. The SMILES string of the molecule is CCCC1(O)CN(C(=O)[C@@H](N)C(C)CC)C1. The Kier molecular flexibility index (Phi) is 4.33. The molecule has 0 spiro atoms. The highest BCUT2D eigenvalue weighted by Crippen LogP contribution is 2.26. The van der Waals surface area contributed by atoms with Crippen molar-refractivity contribution < 1.29 is 9.90 Å². The van der Waals surface area contributed by atoms with E-state index in [0.717, 1.165) is 19.3 Å². The molecule has 0 aliphatic carbocycles. The summed E-state index contributed by atoms with van der Waals surface area (Å²) in [6.45, 7) is 6.95. The van der Waals surface area contributed by atoms with Gasteiger partial charge < -0.3 is 15.7 Å². The molecule has 0 aromatic rings. The van der Waals surface area contributed by atoms with Crippen LogP contribution in [-0.2, 0) is 4.79 Å². The third kappa shape index (κ3) is 2.74. The number of β-amino-alcohol motifs (C(OH)–C–C–N with tert-alkyl or cyclic N) is 1. The van der Waals surface area contributed by atoms with Gasteiger partial charge >= 0.3 is 0 Å². The van der Waals surface area contributed by atoms with Gasteiger partial charge in [-0.1, -0.05) is 33.6 Å². The van der Waals surface area contributed by atoms with E-state index in [-0.39, 0.29) is 11.8 Å². The molecular formula is C12H24N2O2. The summed E-state index contributed by atoms with van der Waals surface area (Å²) in [6, 6.07) is -0.420. The summed E-state index contributed by atoms with van der Waals surface area (Å²) in [4.78, 5) is 13.6. The van der Waals surface area contributed by atoms with Gasteiger partial charge in [0.25, 0.3) is 0 Å². The lowest BCUT2D eigenvalue weighted by atomic mass is 9.87. The predicted molar refractivity (Wildman–Crippen MR) is 63.9 cm³/mol. The van der Waals surface area contributed by atoms with Crippen molar-refractivity contribution in [1.82, 2.24) is 4.90 Å². The van der Waals surface area contributed by atoms with Gasteiger partial charge in [-0.05, 0) is 12.3 Å². The van der Waals surface area contributed by atoms with Gasteiger partial charge in [-0.25, -0.2) is 0 Å². The van der Waals surface area contributed by atoms with Crippen LogP contribution in [0.15, 0.2) is 0 Å². The molecule has 1 aliphatic rings. The van der Waals surface area contributed by atoms with E-state index in [4.69, 9.17) is 5.73 Å². The Labute approximate surface area is 97.8 Å². The first-order valence-electron chi connectivity index (χ1n) is 6.20. The van der Waals surface area contributed by atoms with Gasteiger partial charge in [-0.15, -0.1) is 0 Å². The van der Waals surface area contributed by atoms with Gasteiger partial charge in [0.1, 0.15) is 0 Å². The van der Waals surface area contributed by atoms with Crippen LogP contribution in [0.1, 0.15) is 40.0 Å². The number of hydrogen-bond donors (Lipinski definition) is 2. The molecule has 4 heteroatoms. The van der Waals surface area contributed by atoms with Crippen molar-refractivity contribution in [2.24, 2.45) is 11.7 Å². The summed E-state index contributed by atoms with van der Waals surface area (Å²) in [5, 5.41) is 9.97. The summed E-state index contributed by atoms with van der Waals surface area (Å²) in [6.07, 6.45) is 2.60. The van der Waals surface area contributed by atoms with Gasteiger partial charge in [-0.3, -0.25) is 4.79 Å². The highest BCUT2D eigenvalue weighted by molar-refractivity contribution is 5.83. The van der Waals surface area contributed by atoms with Crippen molar-refractivity contribution >= 4 is 5.91 Å². The average Bonchev–Trinajstić information content (AvgIpc) is 2.22. The van der Waals surface area contributed by atoms with Crippen molar-refractivity contribution in [3.8, 4) is 0 Å². The average molecular weight is 228 g/mol. The zero-order valence-electron chi connectivity index (χ0n) is 10.6. The van der Waals surface area contributed by atoms with E-state index >= 15 is 0 Å². The van der Waals surface area contributed by atoms with Crippen molar-refractivity contribution in [3.05, 3.63) is 0 Å². The van der Waals surface area contributed by atoms with Gasteiger partial charge in [-0.2, -0.15) is 0 Å². The molecule has 0 aromatic carbocycles. The molecule has 94 valence electrons. The zero-order valence-corrected chi connectivity index (χ0v) is 10.6. The number of amides is 1. The summed E-state index contributed by atoms with van der Waals surface area (Å²) in [7, 11) is 0. The zero-order chi connectivity index (χ0) is 12.3. The lowest BCUT2D eigenvalue weighted by Gasteiger charge is -2.47. The number of rotatable bonds is 5. The fourth-order valence-corrected chi connectivity index (χ4v) is 2.15. The molecule has 0 bridgehead atoms. The van der Waals surface area contributed by atoms with Crippen molar-refractivity contribution in [2.45, 2.75) is 51.7 Å². The van der Waals surface area contributed by atoms with E-state index in [1.54, 1.807) is 4.90 Å². The maximum atomic E-state index is 11.9. The molecular weight excluding hydrogens is 204 g/mol. The highest BCUT2D eigenvalue weighted by atomic mass is 16.3. The Morgan fingerprint density at radius 3 is 2.50 bits per heavy atom. The second kappa shape index (κ2) is 5.15. The summed E-state index contributed by atoms with van der Waals surface area (Å²) >= 11 is 0. The maximum Gasteiger partial charge on any atom is 0.239 e. The normalized spacial score (nSPS) is 22.4. The standard InChI is InChI=1S/C12H24N2O2/c1-4-6-12(16)7-14(8-12)11(15)10(13)9(3)5-2/h9-10,16H,4-8,13H2,1-3H3/t9?,10-/m0/s1. The minimum atomic E-state index is -0.653. The summed E-state index contributed by atoms with van der Waals surface area (Å²) < 4.78 is 0. The smallest absolute Gasteiger partial charge is 0.239 e. The Bertz CT molecular complexity index is 249. The first-order chi connectivity index (χ1) is 7.43. The summed E-state index contributed by atoms with van der Waals surface area (Å²) in [5.74, 6) is 0.183. The molecule has 1 rings (SSSR count). The number of nitrogens with zero attached hydrogens (tertiary/aromatic N) is 1. The van der Waals surface area contributed by atoms with Crippen molar-refractivity contribution in [1.29, 1.82) is 0 Å². The van der Waals surface area contributed by atoms with E-state index in [0.29, 0.717) is 13.1 Å². The lowest BCUT2D eigenvalue weighted by molar-refractivity contribution is -0.158. The van der Waals surface area contributed by atoms with E-state index in [1.807, 2.05) is 20.8 Å². The van der Waals surface area contributed by atoms with E-state index in [2.05, 4.69) is 0 Å². The monoisotopic (exact) mass is 228 g/mol. The lowest BCUT2D eigenvalue weighted by Crippen LogP contribution is -2.66. The topological polar surface area (TPSA) is 66.6 Å². The van der Waals surface area contributed by atoms with E-state index in [9.17, 15) is 9.90 Å². The van der Waals surface area contributed by atoms with Gasteiger partial charge in [0.15, 0.2) is 0 Å². The number of carbonyl (C=O) groups is 1. The number of nitrogens with two attached hydrogens (primary N) is 1. The van der Waals surface area contributed by atoms with Gasteiger partial charge in [0, 0.05) is 0 Å². The van der Waals surface area contributed by atoms with Crippen LogP contribution in [0.3, 0.4) is 0 Å². The Morgan fingerprint density at radius 1 is 1.50 bits per heavy atom. The van der Waals surface area contributed by atoms with Crippen LogP contribution in [-0.4, -0.2) is 40.6 Å². The molecule has 1 fully saturated rings. The maximum absolute atomic E-state index is 11.9. The fourth-order valence-electron chi connectivity index (χ4n) is 2.15. The Balaban J connectivity index is 2.42. The first-order valence-corrected chi connectivity index (χ1v) is 6.20. The largest absolute Gasteiger partial charge is 0.386 e. The van der Waals surface area contributed by atoms with Crippen LogP contribution in [0, 0.1) is 5.92 Å². The van der Waals surface area contributed by atoms with E-state index < -0.39 is 11.6 Å². The quantitative estimate of drug-likeness (QED) is 0.729. The van der Waals surface area contributed by atoms with Crippen LogP contribution >= 0.6 is 0 Å². The molecule has 0 saturated carbocycles. The molecule has 2 atom stereocenters. The second-order valence-electron chi connectivity index (χ2n) is 5.08. The third-order valence-corrected chi connectivity index (χ3v) is 3.54. The predicted octanol–water partition coefficient (Wildman–Crippen LogP) is 0.733. The van der Waals surface area contributed by atoms with Crippen LogP contribution in [0.5, 0.6) is 0 Å². The van der Waals surface area contributed by atoms with Crippen LogP contribution in [0.25, 0.3) is 0 Å². The number of likely N-dealkylation sites (tertiary alicyclic amines) is 1. The number of hydrogen-bond acceptors (Lipinski definition) is 3. The second-order valence-corrected chi connectivity index (χ2v) is 5.08. The Morgan fingerprint density at radius 2 is 2.06 bits per heavy atom. The highest BCUT2D eigenvalue weighted by Gasteiger charge is 2.44. The molecule has 1 saturated heterocycles. The Hall–Kier alpha value is -0.610. The molecule has 1 amide bonds. The van der Waals surface area contributed by atoms with Gasteiger partial charge in [0.05, 0.1) is 24.7 Å². The molecule has 0 aromatic heterocycles. The third-order valence-electron chi connectivity index (χ3n) is 3.54. The minimum Gasteiger partial charge on any atom is -0.386 e. The molecule has 1 heterocycles. The molecule has 1 unspecified atom stereocenters. The summed E-state index contributed by atoms with van der Waals surface area (Å²) in [5.41, 5.74) is 5.22. The van der Waals surface area contributed by atoms with Crippen LogP contribution in [0.4, 0.5) is 0 Å². The van der Waals surface area contributed by atoms with E-state index in [1.165, 1.54) is 0 Å². The minimum absolute atomic E-state index is 0.0184. The molecule has 1 aliphatic heterocycles. The van der Waals surface area contributed by atoms with Crippen molar-refractivity contribution in [3.63, 3.8) is 0 Å². The molecule has 4 nitrogen and oxygen atoms in total. The van der Waals surface area contributed by atoms with Crippen molar-refractivity contribution in [2.75, 3.05) is 13.1 Å². The number of aliphatic hydroxyl groups is 1. The first kappa shape index (κ1) is 13.5. The molecule has 3 N–H and O–H groups in total. The fraction of sp³-hybridized carbons (Fsp3) is 0.917. The molecule has 16 heavy (non-hydrogen) atoms. The number of carbonyl (C=O) groups excluding carboxylic acids is 1.